The van der Waals surface area contributed by atoms with Gasteiger partial charge in [0.05, 0.1) is 5.88 Å². The molecule has 0 saturated carbocycles. The zero-order valence-corrected chi connectivity index (χ0v) is 6.33. The fourth-order valence-electron chi connectivity index (χ4n) is 0.295. The van der Waals surface area contributed by atoms with Crippen molar-refractivity contribution in [3.8, 4) is 0 Å². The summed E-state index contributed by atoms with van der Waals surface area (Å²) in [6.45, 7) is 5.05. The molecule has 0 spiro atoms. The van der Waals surface area contributed by atoms with Gasteiger partial charge in [0.2, 0.25) is 5.91 Å². The molecule has 9 heavy (non-hydrogen) atoms. The maximum absolute atomic E-state index is 10.3. The van der Waals surface area contributed by atoms with Crippen LogP contribution in [0.2, 0.25) is 0 Å². The van der Waals surface area contributed by atoms with Crippen LogP contribution in [0.25, 0.3) is 0 Å². The topological polar surface area (TPSA) is 29.1 Å². The van der Waals surface area contributed by atoms with Gasteiger partial charge < -0.3 is 5.32 Å². The second-order valence-corrected chi connectivity index (χ2v) is 2.57. The van der Waals surface area contributed by atoms with Gasteiger partial charge in [0.1, 0.15) is 0 Å². The van der Waals surface area contributed by atoms with Gasteiger partial charge in [0.25, 0.3) is 0 Å². The monoisotopic (exact) mass is 145 g/mol. The first-order valence-corrected chi connectivity index (χ1v) is 3.86. The summed E-state index contributed by atoms with van der Waals surface area (Å²) in [6, 6.07) is 0. The summed E-state index contributed by atoms with van der Waals surface area (Å²) in [7, 11) is 0. The molecule has 0 atom stereocenters. The van der Waals surface area contributed by atoms with E-state index in [1.54, 1.807) is 11.8 Å². The Morgan fingerprint density at radius 3 is 3.00 bits per heavy atom. The molecule has 0 bridgehead atoms. The van der Waals surface area contributed by atoms with Crippen molar-refractivity contribution in [2.45, 2.75) is 6.92 Å². The molecule has 0 rings (SSSR count). The van der Waals surface area contributed by atoms with Crippen molar-refractivity contribution in [3.05, 3.63) is 12.7 Å². The minimum absolute atomic E-state index is 0.0200. The predicted molar refractivity (Wildman–Crippen MR) is 41.3 cm³/mol. The molecule has 0 aliphatic carbocycles. The predicted octanol–water partition coefficient (Wildman–Crippen LogP) is 0.999. The summed E-state index contributed by atoms with van der Waals surface area (Å²) in [5.74, 6) is 1.59. The molecule has 2 nitrogen and oxygen atoms in total. The Kier molecular flexibility index (Phi) is 5.41. The van der Waals surface area contributed by atoms with E-state index in [-0.39, 0.29) is 5.91 Å². The molecule has 0 heterocycles. The van der Waals surface area contributed by atoms with Crippen LogP contribution in [0, 0.1) is 0 Å². The van der Waals surface area contributed by atoms with Gasteiger partial charge in [-0.3, -0.25) is 4.79 Å². The Bertz CT molecular complexity index is 103. The highest BCUT2D eigenvalue weighted by molar-refractivity contribution is 7.99. The van der Waals surface area contributed by atoms with Crippen molar-refractivity contribution in [3.63, 3.8) is 0 Å². The third-order valence-electron chi connectivity index (χ3n) is 0.659. The van der Waals surface area contributed by atoms with Gasteiger partial charge in [-0.1, -0.05) is 6.08 Å². The minimum Gasteiger partial charge on any atom is -0.347 e. The summed E-state index contributed by atoms with van der Waals surface area (Å²) in [6.07, 6.45) is 1.81. The number of amides is 1. The summed E-state index contributed by atoms with van der Waals surface area (Å²) < 4.78 is 0. The lowest BCUT2D eigenvalue weighted by Gasteiger charge is -1.97. The highest BCUT2D eigenvalue weighted by atomic mass is 32.2. The lowest BCUT2D eigenvalue weighted by molar-refractivity contribution is -0.118. The molecule has 3 heteroatoms. The van der Waals surface area contributed by atoms with Crippen molar-refractivity contribution < 1.29 is 4.79 Å². The van der Waals surface area contributed by atoms with E-state index in [0.717, 1.165) is 5.75 Å². The fraction of sp³-hybridized carbons (Fsp3) is 0.500. The summed E-state index contributed by atoms with van der Waals surface area (Å²) >= 11 is 1.63. The Hall–Kier alpha value is -0.440. The van der Waals surface area contributed by atoms with Crippen LogP contribution in [-0.4, -0.2) is 17.5 Å². The quantitative estimate of drug-likeness (QED) is 0.363. The zero-order valence-electron chi connectivity index (χ0n) is 5.52. The van der Waals surface area contributed by atoms with Gasteiger partial charge in [-0.15, -0.1) is 18.3 Å². The first-order valence-electron chi connectivity index (χ1n) is 2.70. The first kappa shape index (κ1) is 8.56. The van der Waals surface area contributed by atoms with Crippen LogP contribution in [-0.2, 0) is 4.79 Å². The molecule has 0 aromatic carbocycles. The number of nitrogens with one attached hydrogen (secondary N) is 1. The summed E-state index contributed by atoms with van der Waals surface area (Å²) in [4.78, 5) is 10.3. The van der Waals surface area contributed by atoms with Crippen LogP contribution < -0.4 is 5.32 Å². The smallest absolute Gasteiger partial charge is 0.217 e. The molecule has 1 amide bonds. The van der Waals surface area contributed by atoms with Gasteiger partial charge in [0.15, 0.2) is 0 Å². The van der Waals surface area contributed by atoms with E-state index in [4.69, 9.17) is 0 Å². The van der Waals surface area contributed by atoms with Crippen LogP contribution in [0.15, 0.2) is 12.7 Å². The van der Waals surface area contributed by atoms with Crippen LogP contribution >= 0.6 is 11.8 Å². The van der Waals surface area contributed by atoms with Crippen molar-refractivity contribution in [2.75, 3.05) is 11.6 Å². The van der Waals surface area contributed by atoms with Gasteiger partial charge in [-0.05, 0) is 0 Å². The van der Waals surface area contributed by atoms with Crippen LogP contribution in [0.5, 0.6) is 0 Å². The number of hydrogen-bond acceptors (Lipinski definition) is 2. The van der Waals surface area contributed by atoms with E-state index in [2.05, 4.69) is 11.9 Å². The van der Waals surface area contributed by atoms with Crippen LogP contribution in [0.3, 0.4) is 0 Å². The third-order valence-corrected chi connectivity index (χ3v) is 1.48. The van der Waals surface area contributed by atoms with Gasteiger partial charge in [-0.25, -0.2) is 0 Å². The fourth-order valence-corrected chi connectivity index (χ4v) is 0.885. The molecule has 0 aromatic heterocycles. The van der Waals surface area contributed by atoms with Crippen LogP contribution in [0.4, 0.5) is 0 Å². The van der Waals surface area contributed by atoms with E-state index in [0.29, 0.717) is 5.88 Å². The van der Waals surface area contributed by atoms with E-state index in [1.807, 2.05) is 6.08 Å². The van der Waals surface area contributed by atoms with E-state index in [1.165, 1.54) is 6.92 Å². The Morgan fingerprint density at radius 1 is 1.89 bits per heavy atom. The average Bonchev–Trinajstić information content (AvgIpc) is 1.80. The molecular weight excluding hydrogens is 134 g/mol. The Labute approximate surface area is 59.7 Å². The molecule has 0 aliphatic rings. The molecular formula is C6H11NOS. The number of carbonyl (C=O) groups excluding carboxylic acids is 1. The molecule has 0 radical (unpaired) electrons. The lowest BCUT2D eigenvalue weighted by atomic mass is 10.7. The number of hydrogen-bond donors (Lipinski definition) is 1. The van der Waals surface area contributed by atoms with E-state index >= 15 is 0 Å². The van der Waals surface area contributed by atoms with Crippen molar-refractivity contribution in [1.82, 2.24) is 5.32 Å². The molecule has 0 saturated heterocycles. The Balaban J connectivity index is 2.91. The summed E-state index contributed by atoms with van der Waals surface area (Å²) in [5, 5.41) is 2.66. The molecule has 1 N–H and O–H groups in total. The van der Waals surface area contributed by atoms with E-state index in [9.17, 15) is 4.79 Å². The average molecular weight is 145 g/mol. The highest BCUT2D eigenvalue weighted by Crippen LogP contribution is 1.94. The lowest BCUT2D eigenvalue weighted by Crippen LogP contribution is -2.18. The molecule has 52 valence electrons. The minimum atomic E-state index is 0.0200. The van der Waals surface area contributed by atoms with Gasteiger partial charge >= 0.3 is 0 Å². The van der Waals surface area contributed by atoms with Gasteiger partial charge in [-0.2, -0.15) is 0 Å². The second kappa shape index (κ2) is 5.69. The third kappa shape index (κ3) is 7.56. The number of carbonyl (C=O) groups is 1. The van der Waals surface area contributed by atoms with Crippen LogP contribution in [0.1, 0.15) is 6.92 Å². The zero-order chi connectivity index (χ0) is 7.11. The molecule has 0 fully saturated rings. The number of rotatable bonds is 4. The maximum Gasteiger partial charge on any atom is 0.217 e. The van der Waals surface area contributed by atoms with Gasteiger partial charge in [0, 0.05) is 12.7 Å². The molecule has 0 aromatic rings. The largest absolute Gasteiger partial charge is 0.347 e. The second-order valence-electron chi connectivity index (χ2n) is 1.54. The van der Waals surface area contributed by atoms with Crippen molar-refractivity contribution >= 4 is 17.7 Å². The molecule has 0 aliphatic heterocycles. The van der Waals surface area contributed by atoms with Crippen molar-refractivity contribution in [1.29, 1.82) is 0 Å². The molecule has 0 unspecified atom stereocenters. The van der Waals surface area contributed by atoms with Crippen molar-refractivity contribution in [2.24, 2.45) is 0 Å². The number of thioether (sulfide) groups is 1. The highest BCUT2D eigenvalue weighted by Gasteiger charge is 1.86. The first-order chi connectivity index (χ1) is 4.27. The maximum atomic E-state index is 10.3. The standard InChI is InChI=1S/C6H11NOS/c1-3-4-9-5-7-6(2)8/h3H,1,4-5H2,2H3,(H,7,8). The summed E-state index contributed by atoms with van der Waals surface area (Å²) in [5.41, 5.74) is 0. The SMILES string of the molecule is C=CCSCNC(C)=O. The Morgan fingerprint density at radius 2 is 2.56 bits per heavy atom. The van der Waals surface area contributed by atoms with E-state index < -0.39 is 0 Å². The normalized spacial score (nSPS) is 8.56.